The number of piperidine rings is 1. The Morgan fingerprint density at radius 1 is 1.45 bits per heavy atom. The van der Waals surface area contributed by atoms with Crippen LogP contribution in [0, 0.1) is 11.3 Å². The number of likely N-dealkylation sites (tertiary alicyclic amines) is 1. The van der Waals surface area contributed by atoms with E-state index in [0.717, 1.165) is 26.1 Å². The third-order valence-corrected chi connectivity index (χ3v) is 5.00. The summed E-state index contributed by atoms with van der Waals surface area (Å²) >= 11 is 0. The zero-order chi connectivity index (χ0) is 14.8. The van der Waals surface area contributed by atoms with E-state index in [1.807, 2.05) is 0 Å². The highest BCUT2D eigenvalue weighted by atomic mass is 16.2. The number of carbonyl (C=O) groups is 1. The summed E-state index contributed by atoms with van der Waals surface area (Å²) in [6.07, 6.45) is 3.51. The lowest BCUT2D eigenvalue weighted by atomic mass is 9.77. The van der Waals surface area contributed by atoms with Gasteiger partial charge < -0.3 is 15.5 Å². The van der Waals surface area contributed by atoms with Crippen molar-refractivity contribution < 1.29 is 4.79 Å². The third-order valence-electron chi connectivity index (χ3n) is 5.00. The van der Waals surface area contributed by atoms with Crippen LogP contribution in [0.25, 0.3) is 0 Å². The van der Waals surface area contributed by atoms with Crippen LogP contribution in [0.2, 0.25) is 0 Å². The minimum Gasteiger partial charge on any atom is -0.354 e. The van der Waals surface area contributed by atoms with Gasteiger partial charge in [-0.25, -0.2) is 0 Å². The van der Waals surface area contributed by atoms with Crippen LogP contribution < -0.4 is 10.6 Å². The maximum atomic E-state index is 12.4. The lowest BCUT2D eigenvalue weighted by Crippen LogP contribution is -2.56. The molecule has 4 nitrogen and oxygen atoms in total. The Bertz CT molecular complexity index is 341. The second-order valence-corrected chi connectivity index (χ2v) is 7.47. The molecule has 2 atom stereocenters. The van der Waals surface area contributed by atoms with Crippen LogP contribution in [0.4, 0.5) is 0 Å². The molecule has 0 aliphatic carbocycles. The van der Waals surface area contributed by atoms with Gasteiger partial charge in [-0.2, -0.15) is 0 Å². The van der Waals surface area contributed by atoms with E-state index < -0.39 is 0 Å². The maximum absolute atomic E-state index is 12.4. The number of hydrogen-bond acceptors (Lipinski definition) is 3. The Morgan fingerprint density at radius 2 is 2.20 bits per heavy atom. The second kappa shape index (κ2) is 6.44. The van der Waals surface area contributed by atoms with Gasteiger partial charge in [0.15, 0.2) is 0 Å². The molecule has 0 spiro atoms. The summed E-state index contributed by atoms with van der Waals surface area (Å²) in [5.41, 5.74) is 0.0714. The highest BCUT2D eigenvalue weighted by Crippen LogP contribution is 2.30. The summed E-state index contributed by atoms with van der Waals surface area (Å²) in [7, 11) is 0. The fourth-order valence-electron chi connectivity index (χ4n) is 3.50. The standard InChI is InChI=1S/C16H31N3O/c1-12(2)19-9-6-13(11-19)10-18-15(20)14-16(3,4)7-5-8-17-14/h12-14,17H,5-11H2,1-4H3,(H,18,20). The molecule has 2 heterocycles. The molecule has 2 saturated heterocycles. The summed E-state index contributed by atoms with van der Waals surface area (Å²) in [4.78, 5) is 14.9. The zero-order valence-corrected chi connectivity index (χ0v) is 13.5. The predicted molar refractivity (Wildman–Crippen MR) is 82.6 cm³/mol. The van der Waals surface area contributed by atoms with Gasteiger partial charge in [0.1, 0.15) is 0 Å². The molecule has 0 aromatic heterocycles. The molecule has 2 N–H and O–H groups in total. The largest absolute Gasteiger partial charge is 0.354 e. The highest BCUT2D eigenvalue weighted by molar-refractivity contribution is 5.82. The quantitative estimate of drug-likeness (QED) is 0.823. The maximum Gasteiger partial charge on any atom is 0.237 e. The van der Waals surface area contributed by atoms with Gasteiger partial charge >= 0.3 is 0 Å². The summed E-state index contributed by atoms with van der Waals surface area (Å²) in [5, 5.41) is 6.57. The van der Waals surface area contributed by atoms with Gasteiger partial charge in [-0.05, 0) is 57.5 Å². The molecular weight excluding hydrogens is 250 g/mol. The second-order valence-electron chi connectivity index (χ2n) is 7.47. The van der Waals surface area contributed by atoms with Crippen LogP contribution in [-0.4, -0.2) is 49.1 Å². The monoisotopic (exact) mass is 281 g/mol. The number of nitrogens with one attached hydrogen (secondary N) is 2. The van der Waals surface area contributed by atoms with Crippen LogP contribution in [0.3, 0.4) is 0 Å². The Morgan fingerprint density at radius 3 is 2.80 bits per heavy atom. The van der Waals surface area contributed by atoms with E-state index in [9.17, 15) is 4.79 Å². The van der Waals surface area contributed by atoms with E-state index in [1.54, 1.807) is 0 Å². The van der Waals surface area contributed by atoms with Crippen molar-refractivity contribution in [1.82, 2.24) is 15.5 Å². The third kappa shape index (κ3) is 3.73. The molecule has 1 amide bonds. The number of carbonyl (C=O) groups excluding carboxylic acids is 1. The topological polar surface area (TPSA) is 44.4 Å². The molecule has 2 fully saturated rings. The zero-order valence-electron chi connectivity index (χ0n) is 13.5. The molecule has 0 aromatic carbocycles. The van der Waals surface area contributed by atoms with Crippen LogP contribution >= 0.6 is 0 Å². The Kier molecular flexibility index (Phi) is 5.08. The van der Waals surface area contributed by atoms with Crippen molar-refractivity contribution in [2.24, 2.45) is 11.3 Å². The normalized spacial score (nSPS) is 30.6. The SMILES string of the molecule is CC(C)N1CCC(CNC(=O)C2NCCCC2(C)C)C1. The Hall–Kier alpha value is -0.610. The fraction of sp³-hybridized carbons (Fsp3) is 0.938. The summed E-state index contributed by atoms with van der Waals surface area (Å²) in [6.45, 7) is 13.0. The van der Waals surface area contributed by atoms with Gasteiger partial charge in [-0.1, -0.05) is 13.8 Å². The summed E-state index contributed by atoms with van der Waals surface area (Å²) in [6, 6.07) is 0.591. The number of hydrogen-bond donors (Lipinski definition) is 2. The van der Waals surface area contributed by atoms with Crippen LogP contribution in [0.5, 0.6) is 0 Å². The van der Waals surface area contributed by atoms with Crippen molar-refractivity contribution >= 4 is 5.91 Å². The molecular formula is C16H31N3O. The molecule has 0 bridgehead atoms. The first kappa shape index (κ1) is 15.8. The van der Waals surface area contributed by atoms with Crippen molar-refractivity contribution in [3.63, 3.8) is 0 Å². The van der Waals surface area contributed by atoms with Crippen LogP contribution in [-0.2, 0) is 4.79 Å². The van der Waals surface area contributed by atoms with Crippen LogP contribution in [0.1, 0.15) is 47.0 Å². The molecule has 2 unspecified atom stereocenters. The molecule has 4 heteroatoms. The van der Waals surface area contributed by atoms with Gasteiger partial charge in [0.05, 0.1) is 6.04 Å². The molecule has 2 rings (SSSR count). The van der Waals surface area contributed by atoms with Gasteiger partial charge in [0, 0.05) is 19.1 Å². The first-order chi connectivity index (χ1) is 9.40. The lowest BCUT2D eigenvalue weighted by molar-refractivity contribution is -0.126. The summed E-state index contributed by atoms with van der Waals surface area (Å²) in [5.74, 6) is 0.811. The minimum absolute atomic E-state index is 0.0288. The van der Waals surface area contributed by atoms with Crippen molar-refractivity contribution in [3.05, 3.63) is 0 Å². The molecule has 20 heavy (non-hydrogen) atoms. The molecule has 0 saturated carbocycles. The van der Waals surface area contributed by atoms with E-state index in [2.05, 4.69) is 43.2 Å². The number of rotatable bonds is 4. The average Bonchev–Trinajstić information content (AvgIpc) is 2.84. The highest BCUT2D eigenvalue weighted by Gasteiger charge is 2.37. The van der Waals surface area contributed by atoms with Crippen molar-refractivity contribution in [2.45, 2.75) is 59.0 Å². The molecule has 0 radical (unpaired) electrons. The van der Waals surface area contributed by atoms with Crippen molar-refractivity contribution in [3.8, 4) is 0 Å². The molecule has 2 aliphatic rings. The molecule has 116 valence electrons. The van der Waals surface area contributed by atoms with Gasteiger partial charge in [-0.3, -0.25) is 4.79 Å². The average molecular weight is 281 g/mol. The van der Waals surface area contributed by atoms with Crippen molar-refractivity contribution in [2.75, 3.05) is 26.2 Å². The minimum atomic E-state index is -0.0288. The molecule has 2 aliphatic heterocycles. The van der Waals surface area contributed by atoms with Gasteiger partial charge in [0.2, 0.25) is 5.91 Å². The van der Waals surface area contributed by atoms with E-state index in [-0.39, 0.29) is 17.4 Å². The fourth-order valence-corrected chi connectivity index (χ4v) is 3.50. The van der Waals surface area contributed by atoms with E-state index in [0.29, 0.717) is 12.0 Å². The Balaban J connectivity index is 1.78. The van der Waals surface area contributed by atoms with Gasteiger partial charge in [0.25, 0.3) is 0 Å². The van der Waals surface area contributed by atoms with Gasteiger partial charge in [-0.15, -0.1) is 0 Å². The summed E-state index contributed by atoms with van der Waals surface area (Å²) < 4.78 is 0. The Labute approximate surface area is 123 Å². The first-order valence-corrected chi connectivity index (χ1v) is 8.15. The first-order valence-electron chi connectivity index (χ1n) is 8.15. The smallest absolute Gasteiger partial charge is 0.237 e. The number of amides is 1. The number of nitrogens with zero attached hydrogens (tertiary/aromatic N) is 1. The van der Waals surface area contributed by atoms with E-state index in [4.69, 9.17) is 0 Å². The predicted octanol–water partition coefficient (Wildman–Crippen LogP) is 1.61. The van der Waals surface area contributed by atoms with E-state index in [1.165, 1.54) is 19.4 Å². The van der Waals surface area contributed by atoms with Crippen LogP contribution in [0.15, 0.2) is 0 Å². The molecule has 0 aromatic rings. The van der Waals surface area contributed by atoms with Crippen molar-refractivity contribution in [1.29, 1.82) is 0 Å². The lowest BCUT2D eigenvalue weighted by Gasteiger charge is -2.38. The van der Waals surface area contributed by atoms with E-state index >= 15 is 0 Å².